The Labute approximate surface area is 376 Å². The van der Waals surface area contributed by atoms with Gasteiger partial charge in [0.05, 0.1) is 16.7 Å². The number of hydrogen-bond acceptors (Lipinski definition) is 5. The van der Waals surface area contributed by atoms with E-state index in [0.717, 1.165) is 60.9 Å². The molecule has 0 N–H and O–H groups in total. The van der Waals surface area contributed by atoms with Crippen molar-refractivity contribution >= 4 is 96.8 Å². The van der Waals surface area contributed by atoms with Gasteiger partial charge >= 0.3 is 0 Å². The summed E-state index contributed by atoms with van der Waals surface area (Å²) < 4.78 is 11.3. The van der Waals surface area contributed by atoms with E-state index in [9.17, 15) is 0 Å². The van der Waals surface area contributed by atoms with Gasteiger partial charge in [-0.25, -0.2) is 15.0 Å². The highest BCUT2D eigenvalue weighted by Gasteiger charge is 2.24. The van der Waals surface area contributed by atoms with E-state index >= 15 is 0 Å². The molecule has 6 heteroatoms. The van der Waals surface area contributed by atoms with Crippen LogP contribution >= 0.6 is 11.3 Å². The molecular formula is C59H34N4OS. The van der Waals surface area contributed by atoms with Crippen LogP contribution in [0, 0.1) is 0 Å². The molecule has 0 spiro atoms. The first kappa shape index (κ1) is 36.1. The van der Waals surface area contributed by atoms with Crippen LogP contribution < -0.4 is 0 Å². The molecular weight excluding hydrogens is 813 g/mol. The average molecular weight is 847 g/mol. The largest absolute Gasteiger partial charge is 0.456 e. The SMILES string of the molecule is c1ccc(-c2nc(-c3ccc(-n4c5ccccc5c5cc6ccccc6cc54)c(-c4c5ccccc5cc5sc6ccccc6c45)c3)nc(-c3cccc4oc5ccccc5c34)n2)cc1. The topological polar surface area (TPSA) is 56.7 Å². The molecule has 14 aromatic rings. The lowest BCUT2D eigenvalue weighted by Crippen LogP contribution is -2.02. The Morgan fingerprint density at radius 1 is 0.369 bits per heavy atom. The lowest BCUT2D eigenvalue weighted by atomic mass is 9.91. The van der Waals surface area contributed by atoms with E-state index in [-0.39, 0.29) is 0 Å². The van der Waals surface area contributed by atoms with Crippen molar-refractivity contribution in [3.8, 4) is 51.0 Å². The molecule has 0 aliphatic rings. The van der Waals surface area contributed by atoms with E-state index in [0.29, 0.717) is 17.5 Å². The van der Waals surface area contributed by atoms with Crippen molar-refractivity contribution < 1.29 is 4.42 Å². The Hall–Kier alpha value is -8.45. The maximum Gasteiger partial charge on any atom is 0.164 e. The summed E-state index contributed by atoms with van der Waals surface area (Å²) in [6.07, 6.45) is 0. The van der Waals surface area contributed by atoms with Crippen LogP contribution in [0.1, 0.15) is 0 Å². The summed E-state index contributed by atoms with van der Waals surface area (Å²) in [7, 11) is 0. The lowest BCUT2D eigenvalue weighted by Gasteiger charge is -2.19. The first-order valence-electron chi connectivity index (χ1n) is 21.8. The minimum Gasteiger partial charge on any atom is -0.456 e. The fraction of sp³-hybridized carbons (Fsp3) is 0. The molecule has 0 amide bonds. The summed E-state index contributed by atoms with van der Waals surface area (Å²) >= 11 is 1.85. The van der Waals surface area contributed by atoms with Gasteiger partial charge in [-0.05, 0) is 82.2 Å². The highest BCUT2D eigenvalue weighted by Crippen LogP contribution is 2.48. The molecule has 65 heavy (non-hydrogen) atoms. The first-order valence-corrected chi connectivity index (χ1v) is 22.7. The molecule has 0 saturated carbocycles. The van der Waals surface area contributed by atoms with Crippen molar-refractivity contribution in [1.82, 2.24) is 19.5 Å². The number of furan rings is 1. The molecule has 0 bridgehead atoms. The second-order valence-corrected chi connectivity index (χ2v) is 17.8. The van der Waals surface area contributed by atoms with Gasteiger partial charge in [0.15, 0.2) is 17.5 Å². The summed E-state index contributed by atoms with van der Waals surface area (Å²) in [5.74, 6) is 1.78. The molecule has 4 heterocycles. The van der Waals surface area contributed by atoms with Crippen LogP contribution in [-0.4, -0.2) is 19.5 Å². The molecule has 0 aliphatic heterocycles. The van der Waals surface area contributed by atoms with Gasteiger partial charge < -0.3 is 8.98 Å². The zero-order valence-electron chi connectivity index (χ0n) is 34.7. The summed E-state index contributed by atoms with van der Waals surface area (Å²) in [5.41, 5.74) is 9.97. The molecule has 302 valence electrons. The Morgan fingerprint density at radius 3 is 1.89 bits per heavy atom. The molecule has 0 aliphatic carbocycles. The third-order valence-corrected chi connectivity index (χ3v) is 14.1. The average Bonchev–Trinajstić information content (AvgIpc) is 4.04. The predicted molar refractivity (Wildman–Crippen MR) is 271 cm³/mol. The smallest absolute Gasteiger partial charge is 0.164 e. The number of nitrogens with zero attached hydrogens (tertiary/aromatic N) is 4. The third-order valence-electron chi connectivity index (χ3n) is 13.0. The third kappa shape index (κ3) is 5.54. The molecule has 10 aromatic carbocycles. The van der Waals surface area contributed by atoms with Gasteiger partial charge in [-0.15, -0.1) is 11.3 Å². The lowest BCUT2D eigenvalue weighted by molar-refractivity contribution is 0.669. The number of fused-ring (bicyclic) bond motifs is 11. The van der Waals surface area contributed by atoms with E-state index < -0.39 is 0 Å². The number of hydrogen-bond donors (Lipinski definition) is 0. The molecule has 0 radical (unpaired) electrons. The molecule has 0 unspecified atom stereocenters. The summed E-state index contributed by atoms with van der Waals surface area (Å²) in [6, 6.07) is 73.4. The number of aromatic nitrogens is 4. The highest BCUT2D eigenvalue weighted by molar-refractivity contribution is 7.26. The first-order chi connectivity index (χ1) is 32.2. The van der Waals surface area contributed by atoms with Crippen molar-refractivity contribution in [2.24, 2.45) is 0 Å². The van der Waals surface area contributed by atoms with Crippen LogP contribution in [0.4, 0.5) is 0 Å². The van der Waals surface area contributed by atoms with Crippen molar-refractivity contribution in [3.63, 3.8) is 0 Å². The summed E-state index contributed by atoms with van der Waals surface area (Å²) in [4.78, 5) is 15.9. The van der Waals surface area contributed by atoms with E-state index in [1.54, 1.807) is 0 Å². The van der Waals surface area contributed by atoms with Crippen molar-refractivity contribution in [2.45, 2.75) is 0 Å². The quantitative estimate of drug-likeness (QED) is 0.173. The maximum absolute atomic E-state index is 6.36. The van der Waals surface area contributed by atoms with Crippen LogP contribution in [0.25, 0.3) is 136 Å². The predicted octanol–water partition coefficient (Wildman–Crippen LogP) is 16.2. The fourth-order valence-corrected chi connectivity index (χ4v) is 11.3. The zero-order valence-corrected chi connectivity index (χ0v) is 35.6. The second kappa shape index (κ2) is 14.0. The Bertz CT molecular complexity index is 4260. The van der Waals surface area contributed by atoms with Crippen molar-refractivity contribution in [2.75, 3.05) is 0 Å². The minimum atomic E-state index is 0.585. The number of rotatable bonds is 5. The van der Waals surface area contributed by atoms with Crippen LogP contribution in [-0.2, 0) is 0 Å². The number of thiophene rings is 1. The molecule has 14 rings (SSSR count). The molecule has 0 fully saturated rings. The van der Waals surface area contributed by atoms with Crippen LogP contribution in [0.5, 0.6) is 0 Å². The summed E-state index contributed by atoms with van der Waals surface area (Å²) in [5, 5.41) is 11.7. The van der Waals surface area contributed by atoms with Gasteiger partial charge in [-0.3, -0.25) is 0 Å². The molecule has 0 saturated heterocycles. The Morgan fingerprint density at radius 2 is 1.03 bits per heavy atom. The van der Waals surface area contributed by atoms with Crippen molar-refractivity contribution in [1.29, 1.82) is 0 Å². The van der Waals surface area contributed by atoms with Gasteiger partial charge in [0.25, 0.3) is 0 Å². The Kier molecular flexibility index (Phi) is 7.79. The monoisotopic (exact) mass is 846 g/mol. The number of para-hydroxylation sites is 2. The second-order valence-electron chi connectivity index (χ2n) is 16.7. The van der Waals surface area contributed by atoms with E-state index in [1.807, 2.05) is 59.9 Å². The van der Waals surface area contributed by atoms with Crippen LogP contribution in [0.15, 0.2) is 211 Å². The van der Waals surface area contributed by atoms with Gasteiger partial charge in [0, 0.05) is 69.5 Å². The van der Waals surface area contributed by atoms with E-state index in [2.05, 4.69) is 162 Å². The number of benzene rings is 10. The van der Waals surface area contributed by atoms with Gasteiger partial charge in [0.1, 0.15) is 11.2 Å². The van der Waals surface area contributed by atoms with E-state index in [1.165, 1.54) is 58.1 Å². The standard InChI is InChI=1S/C59H34N4OS/c1-2-15-35(16-3-1)57-60-58(62-59(61-57)44-24-14-27-51-54(44)42-22-9-12-26-50(42)64-51)39-29-30-48(63-47-25-11-8-21-41(47)45-31-36-17-4-5-18-37(36)33-49(45)63)46(32-39)55-40-20-7-6-19-38(40)34-53-56(55)43-23-10-13-28-52(43)65-53/h1-34H. The fourth-order valence-electron chi connectivity index (χ4n) is 10.1. The minimum absolute atomic E-state index is 0.585. The van der Waals surface area contributed by atoms with Gasteiger partial charge in [-0.2, -0.15) is 0 Å². The van der Waals surface area contributed by atoms with Crippen LogP contribution in [0.2, 0.25) is 0 Å². The van der Waals surface area contributed by atoms with Crippen molar-refractivity contribution in [3.05, 3.63) is 206 Å². The molecule has 4 aromatic heterocycles. The van der Waals surface area contributed by atoms with Gasteiger partial charge in [0.2, 0.25) is 0 Å². The maximum atomic E-state index is 6.36. The molecule has 0 atom stereocenters. The normalized spacial score (nSPS) is 12.0. The molecule has 5 nitrogen and oxygen atoms in total. The summed E-state index contributed by atoms with van der Waals surface area (Å²) in [6.45, 7) is 0. The Balaban J connectivity index is 1.11. The zero-order chi connectivity index (χ0) is 42.6. The van der Waals surface area contributed by atoms with E-state index in [4.69, 9.17) is 19.4 Å². The van der Waals surface area contributed by atoms with Crippen LogP contribution in [0.3, 0.4) is 0 Å². The highest BCUT2D eigenvalue weighted by atomic mass is 32.1. The van der Waals surface area contributed by atoms with Gasteiger partial charge in [-0.1, -0.05) is 146 Å².